The zero-order valence-electron chi connectivity index (χ0n) is 9.75. The third-order valence-electron chi connectivity index (χ3n) is 3.09. The number of allylic oxidation sites excluding steroid dienone is 1. The predicted octanol–water partition coefficient (Wildman–Crippen LogP) is 4.39. The summed E-state index contributed by atoms with van der Waals surface area (Å²) in [6, 6.07) is 8.52. The first-order valence-electron chi connectivity index (χ1n) is 5.90. The molecule has 0 radical (unpaired) electrons. The average Bonchev–Trinajstić information content (AvgIpc) is 2.31. The Labute approximate surface area is 106 Å². The maximum Gasteiger partial charge on any atom is 0.0385 e. The van der Waals surface area contributed by atoms with Crippen molar-refractivity contribution in [2.24, 2.45) is 0 Å². The van der Waals surface area contributed by atoms with Gasteiger partial charge in [-0.3, -0.25) is 0 Å². The maximum atomic E-state index is 3.46. The largest absolute Gasteiger partial charge is 0.371 e. The Morgan fingerprint density at radius 1 is 1.19 bits per heavy atom. The van der Waals surface area contributed by atoms with E-state index >= 15 is 0 Å². The van der Waals surface area contributed by atoms with Crippen molar-refractivity contribution in [3.05, 3.63) is 40.4 Å². The van der Waals surface area contributed by atoms with Crippen LogP contribution in [0.2, 0.25) is 0 Å². The molecule has 0 amide bonds. The van der Waals surface area contributed by atoms with Gasteiger partial charge in [0.05, 0.1) is 0 Å². The highest BCUT2D eigenvalue weighted by molar-refractivity contribution is 9.10. The highest BCUT2D eigenvalue weighted by Gasteiger charge is 2.07. The van der Waals surface area contributed by atoms with Gasteiger partial charge in [-0.15, -0.1) is 0 Å². The van der Waals surface area contributed by atoms with E-state index in [1.165, 1.54) is 31.4 Å². The summed E-state index contributed by atoms with van der Waals surface area (Å²) in [5, 5.41) is 0. The third kappa shape index (κ3) is 3.11. The van der Waals surface area contributed by atoms with Gasteiger partial charge in [0.25, 0.3) is 0 Å². The first-order valence-corrected chi connectivity index (χ1v) is 6.69. The van der Waals surface area contributed by atoms with E-state index in [9.17, 15) is 0 Å². The van der Waals surface area contributed by atoms with Gasteiger partial charge >= 0.3 is 0 Å². The van der Waals surface area contributed by atoms with Crippen molar-refractivity contribution in [1.29, 1.82) is 0 Å². The van der Waals surface area contributed by atoms with Gasteiger partial charge in [0.1, 0.15) is 0 Å². The molecule has 1 aromatic carbocycles. The fourth-order valence-electron chi connectivity index (χ4n) is 2.14. The second-order valence-corrected chi connectivity index (χ2v) is 5.36. The number of nitrogens with zero attached hydrogens (tertiary/aromatic N) is 1. The van der Waals surface area contributed by atoms with E-state index in [1.54, 1.807) is 5.57 Å². The standard InChI is InChI=1S/C14H18BrN/c1-16(11-12-5-3-2-4-6-12)14-9-7-13(15)8-10-14/h5,7-10H,2-4,6,11H2,1H3. The molecule has 2 rings (SSSR count). The van der Waals surface area contributed by atoms with E-state index < -0.39 is 0 Å². The second-order valence-electron chi connectivity index (χ2n) is 4.44. The molecule has 0 bridgehead atoms. The van der Waals surface area contributed by atoms with E-state index in [1.807, 2.05) is 0 Å². The van der Waals surface area contributed by atoms with Crippen LogP contribution in [0.5, 0.6) is 0 Å². The van der Waals surface area contributed by atoms with Crippen molar-refractivity contribution in [2.45, 2.75) is 25.7 Å². The Morgan fingerprint density at radius 2 is 1.94 bits per heavy atom. The van der Waals surface area contributed by atoms with Crippen LogP contribution in [0.1, 0.15) is 25.7 Å². The highest BCUT2D eigenvalue weighted by atomic mass is 79.9. The van der Waals surface area contributed by atoms with E-state index in [0.717, 1.165) is 11.0 Å². The van der Waals surface area contributed by atoms with Crippen molar-refractivity contribution in [3.8, 4) is 0 Å². The minimum Gasteiger partial charge on any atom is -0.371 e. The van der Waals surface area contributed by atoms with Crippen molar-refractivity contribution in [3.63, 3.8) is 0 Å². The highest BCUT2D eigenvalue weighted by Crippen LogP contribution is 2.22. The topological polar surface area (TPSA) is 3.24 Å². The lowest BCUT2D eigenvalue weighted by Gasteiger charge is -2.23. The monoisotopic (exact) mass is 279 g/mol. The summed E-state index contributed by atoms with van der Waals surface area (Å²) >= 11 is 3.46. The van der Waals surface area contributed by atoms with Gasteiger partial charge in [0, 0.05) is 23.8 Å². The van der Waals surface area contributed by atoms with Crippen LogP contribution in [0, 0.1) is 0 Å². The number of rotatable bonds is 3. The molecule has 0 unspecified atom stereocenters. The summed E-state index contributed by atoms with van der Waals surface area (Å²) in [5.41, 5.74) is 2.88. The molecule has 86 valence electrons. The van der Waals surface area contributed by atoms with Crippen LogP contribution >= 0.6 is 15.9 Å². The van der Waals surface area contributed by atoms with Crippen LogP contribution in [0.3, 0.4) is 0 Å². The van der Waals surface area contributed by atoms with E-state index in [4.69, 9.17) is 0 Å². The minimum absolute atomic E-state index is 1.07. The molecule has 0 aliphatic heterocycles. The van der Waals surface area contributed by atoms with E-state index in [-0.39, 0.29) is 0 Å². The van der Waals surface area contributed by atoms with E-state index in [2.05, 4.69) is 58.2 Å². The van der Waals surface area contributed by atoms with Gasteiger partial charge in [-0.25, -0.2) is 0 Å². The third-order valence-corrected chi connectivity index (χ3v) is 3.62. The number of benzene rings is 1. The summed E-state index contributed by atoms with van der Waals surface area (Å²) in [7, 11) is 2.17. The lowest BCUT2D eigenvalue weighted by atomic mass is 9.99. The zero-order valence-corrected chi connectivity index (χ0v) is 11.3. The maximum absolute atomic E-state index is 3.46. The van der Waals surface area contributed by atoms with Crippen LogP contribution in [-0.2, 0) is 0 Å². The van der Waals surface area contributed by atoms with Gasteiger partial charge in [-0.1, -0.05) is 27.6 Å². The van der Waals surface area contributed by atoms with Gasteiger partial charge in [-0.05, 0) is 49.9 Å². The normalized spacial score (nSPS) is 15.8. The molecule has 0 N–H and O–H groups in total. The van der Waals surface area contributed by atoms with Crippen LogP contribution < -0.4 is 4.90 Å². The first kappa shape index (κ1) is 11.7. The molecule has 0 aromatic heterocycles. The smallest absolute Gasteiger partial charge is 0.0385 e. The van der Waals surface area contributed by atoms with Crippen molar-refractivity contribution in [1.82, 2.24) is 0 Å². The van der Waals surface area contributed by atoms with E-state index in [0.29, 0.717) is 0 Å². The van der Waals surface area contributed by atoms with Gasteiger partial charge < -0.3 is 4.90 Å². The molecule has 1 aliphatic carbocycles. The molecular weight excluding hydrogens is 262 g/mol. The van der Waals surface area contributed by atoms with Crippen LogP contribution in [0.25, 0.3) is 0 Å². The second kappa shape index (κ2) is 5.53. The number of likely N-dealkylation sites (N-methyl/N-ethyl adjacent to an activating group) is 1. The first-order chi connectivity index (χ1) is 7.75. The molecule has 0 spiro atoms. The Balaban J connectivity index is 1.99. The Kier molecular flexibility index (Phi) is 4.05. The molecule has 2 heteroatoms. The van der Waals surface area contributed by atoms with Crippen molar-refractivity contribution in [2.75, 3.05) is 18.5 Å². The van der Waals surface area contributed by atoms with Gasteiger partial charge in [-0.2, -0.15) is 0 Å². The summed E-state index contributed by atoms with van der Waals surface area (Å²) in [6.07, 6.45) is 7.69. The molecule has 16 heavy (non-hydrogen) atoms. The van der Waals surface area contributed by atoms with Crippen molar-refractivity contribution >= 4 is 21.6 Å². The minimum atomic E-state index is 1.07. The molecule has 1 aliphatic rings. The molecular formula is C14H18BrN. The fourth-order valence-corrected chi connectivity index (χ4v) is 2.40. The van der Waals surface area contributed by atoms with Gasteiger partial charge in [0.15, 0.2) is 0 Å². The number of hydrogen-bond acceptors (Lipinski definition) is 1. The lowest BCUT2D eigenvalue weighted by molar-refractivity contribution is 0.685. The number of halogens is 1. The summed E-state index contributed by atoms with van der Waals surface area (Å²) < 4.78 is 1.14. The van der Waals surface area contributed by atoms with Crippen LogP contribution in [0.15, 0.2) is 40.4 Å². The molecule has 1 aromatic rings. The molecule has 0 saturated heterocycles. The van der Waals surface area contributed by atoms with Crippen LogP contribution in [-0.4, -0.2) is 13.6 Å². The molecule has 0 fully saturated rings. The zero-order chi connectivity index (χ0) is 11.4. The van der Waals surface area contributed by atoms with Crippen molar-refractivity contribution < 1.29 is 0 Å². The quantitative estimate of drug-likeness (QED) is 0.742. The number of hydrogen-bond donors (Lipinski definition) is 0. The molecule has 1 nitrogen and oxygen atoms in total. The SMILES string of the molecule is CN(CC1=CCCCC1)c1ccc(Br)cc1. The van der Waals surface area contributed by atoms with Crippen LogP contribution in [0.4, 0.5) is 5.69 Å². The average molecular weight is 280 g/mol. The molecule has 0 atom stereocenters. The van der Waals surface area contributed by atoms with Gasteiger partial charge in [0.2, 0.25) is 0 Å². The number of anilines is 1. The summed E-state index contributed by atoms with van der Waals surface area (Å²) in [6.45, 7) is 1.07. The summed E-state index contributed by atoms with van der Waals surface area (Å²) in [5.74, 6) is 0. The molecule has 0 saturated carbocycles. The Bertz CT molecular complexity index is 367. The Morgan fingerprint density at radius 3 is 2.56 bits per heavy atom. The molecule has 0 heterocycles. The fraction of sp³-hybridized carbons (Fsp3) is 0.429. The predicted molar refractivity (Wildman–Crippen MR) is 74.0 cm³/mol. The Hall–Kier alpha value is -0.760. The lowest BCUT2D eigenvalue weighted by Crippen LogP contribution is -2.20. The summed E-state index contributed by atoms with van der Waals surface area (Å²) in [4.78, 5) is 2.32.